The van der Waals surface area contributed by atoms with Gasteiger partial charge in [0, 0.05) is 151 Å². The van der Waals surface area contributed by atoms with Crippen molar-refractivity contribution in [2.75, 3.05) is 159 Å². The van der Waals surface area contributed by atoms with E-state index in [1.165, 1.54) is 25.1 Å². The van der Waals surface area contributed by atoms with Gasteiger partial charge in [-0.05, 0) is 170 Å². The van der Waals surface area contributed by atoms with Crippen molar-refractivity contribution < 1.29 is 72.9 Å². The summed E-state index contributed by atoms with van der Waals surface area (Å²) >= 11 is 38.9. The number of carbonyl (C=O) groups excluding carboxylic acids is 4. The van der Waals surface area contributed by atoms with Crippen molar-refractivity contribution in [3.63, 3.8) is 0 Å². The summed E-state index contributed by atoms with van der Waals surface area (Å²) in [4.78, 5) is 60.4. The molecule has 3 amide bonds. The van der Waals surface area contributed by atoms with Crippen LogP contribution < -0.4 is 30.1 Å². The molecule has 0 aromatic heterocycles. The second kappa shape index (κ2) is 43.6. The number of sulfonamides is 3. The Kier molecular flexibility index (Phi) is 35.2. The average molecular weight is 1730 g/mol. The van der Waals surface area contributed by atoms with Crippen LogP contribution in [-0.4, -0.2) is 223 Å². The number of fused-ring (bicyclic) bond motifs is 3. The van der Waals surface area contributed by atoms with E-state index in [2.05, 4.69) is 44.8 Å². The van der Waals surface area contributed by atoms with Crippen LogP contribution in [0.25, 0.3) is 0 Å². The zero-order valence-electron chi connectivity index (χ0n) is 63.2. The lowest BCUT2D eigenvalue weighted by molar-refractivity contribution is -0.130. The Morgan fingerprint density at radius 2 is 0.643 bits per heavy atom. The summed E-state index contributed by atoms with van der Waals surface area (Å²) in [6.07, 6.45) is -0.206. The topological polar surface area (TPSA) is 308 Å². The van der Waals surface area contributed by atoms with Gasteiger partial charge in [0.05, 0.1) is 94.0 Å². The van der Waals surface area contributed by atoms with E-state index < -0.39 is 35.5 Å². The highest BCUT2D eigenvalue weighted by molar-refractivity contribution is 7.90. The number of ketones is 1. The van der Waals surface area contributed by atoms with Gasteiger partial charge in [-0.15, -0.1) is 0 Å². The van der Waals surface area contributed by atoms with Gasteiger partial charge in [-0.25, -0.2) is 39.4 Å². The molecule has 0 saturated carbocycles. The molecule has 3 heterocycles. The summed E-state index contributed by atoms with van der Waals surface area (Å²) in [6.45, 7) is 7.12. The Bertz CT molecular complexity index is 4140. The number of ether oxygens (including phenoxy) is 6. The van der Waals surface area contributed by atoms with Crippen LogP contribution >= 0.6 is 69.6 Å². The van der Waals surface area contributed by atoms with Gasteiger partial charge >= 0.3 is 0 Å². The molecular formula is C78H99Cl6N9O16S3. The Hall–Kier alpha value is -5.49. The summed E-state index contributed by atoms with van der Waals surface area (Å²) in [5.41, 5.74) is 6.94. The minimum Gasteiger partial charge on any atom is -0.378 e. The van der Waals surface area contributed by atoms with Crippen molar-refractivity contribution in [1.82, 2.24) is 44.8 Å². The summed E-state index contributed by atoms with van der Waals surface area (Å²) in [6, 6.07) is 31.2. The van der Waals surface area contributed by atoms with Crippen LogP contribution in [0.1, 0.15) is 113 Å². The molecule has 34 heteroatoms. The smallest absolute Gasteiger partial charge is 0.240 e. The lowest BCUT2D eigenvalue weighted by atomic mass is 9.72. The average Bonchev–Trinajstić information content (AvgIpc) is 0.781. The maximum atomic E-state index is 13.7. The van der Waals surface area contributed by atoms with E-state index in [1.54, 1.807) is 54.6 Å². The molecule has 0 spiro atoms. The molecule has 0 aliphatic carbocycles. The van der Waals surface area contributed by atoms with Gasteiger partial charge < -0.3 is 59.1 Å². The molecule has 3 atom stereocenters. The first-order valence-corrected chi connectivity index (χ1v) is 43.8. The van der Waals surface area contributed by atoms with Gasteiger partial charge in [0.2, 0.25) is 47.8 Å². The predicted molar refractivity (Wildman–Crippen MR) is 434 cm³/mol. The van der Waals surface area contributed by atoms with E-state index in [4.69, 9.17) is 98.0 Å². The van der Waals surface area contributed by atoms with E-state index >= 15 is 0 Å². The van der Waals surface area contributed by atoms with Gasteiger partial charge in [-0.2, -0.15) is 0 Å². The SMILES string of the molecule is CC(=O)C(CCC(=O)NCCOCCOCCNS(=O)(=O)c1cccc([C@@H]2CN(C)Cc3c(Cl)cc(Cl)cc32)c1)(CCC(=O)NCCOCCOCCNS(=O)(=O)c1cccc([C@@H]2CN(C)Cc3c(Cl)cc(Cl)cc32)c1)CCC(=O)NCCOCCOCCNS(=O)(=O)c1cccc([C@@H]2CN(C)Cc3c(Cl)cc(Cl)cc32)c1. The first-order chi connectivity index (χ1) is 53.5. The minimum atomic E-state index is -3.89. The largest absolute Gasteiger partial charge is 0.378 e. The summed E-state index contributed by atoms with van der Waals surface area (Å²) < 4.78 is 122. The minimum absolute atomic E-state index is 0.00417. The first-order valence-electron chi connectivity index (χ1n) is 37.1. The Morgan fingerprint density at radius 3 is 0.902 bits per heavy atom. The molecule has 0 saturated heterocycles. The van der Waals surface area contributed by atoms with Crippen LogP contribution in [0.4, 0.5) is 0 Å². The highest BCUT2D eigenvalue weighted by atomic mass is 35.5. The Balaban J connectivity index is 0.669. The monoisotopic (exact) mass is 1720 g/mol. The molecule has 25 nitrogen and oxygen atoms in total. The molecule has 612 valence electrons. The van der Waals surface area contributed by atoms with E-state index in [-0.39, 0.29) is 213 Å². The molecule has 3 aliphatic rings. The van der Waals surface area contributed by atoms with Gasteiger partial charge in [0.15, 0.2) is 0 Å². The molecule has 9 rings (SSSR count). The van der Waals surface area contributed by atoms with Crippen LogP contribution in [0.5, 0.6) is 0 Å². The number of hydrogen-bond donors (Lipinski definition) is 6. The molecule has 0 fully saturated rings. The maximum Gasteiger partial charge on any atom is 0.240 e. The fraction of sp³-hybridized carbons (Fsp3) is 0.487. The fourth-order valence-corrected chi connectivity index (χ4v) is 19.0. The molecule has 6 N–H and O–H groups in total. The van der Waals surface area contributed by atoms with E-state index in [9.17, 15) is 44.4 Å². The number of Topliss-reactive ketones (excluding diaryl/α,β-unsaturated/α-hetero) is 1. The molecule has 6 aromatic rings. The highest BCUT2D eigenvalue weighted by Crippen LogP contribution is 2.43. The van der Waals surface area contributed by atoms with Gasteiger partial charge in [0.1, 0.15) is 5.78 Å². The van der Waals surface area contributed by atoms with Crippen LogP contribution in [-0.2, 0) is 97.3 Å². The summed E-state index contributed by atoms with van der Waals surface area (Å²) in [5, 5.41) is 11.6. The normalized spacial score (nSPS) is 16.4. The number of nitrogens with one attached hydrogen (secondary N) is 6. The first kappa shape index (κ1) is 90.4. The maximum absolute atomic E-state index is 13.7. The Labute approximate surface area is 687 Å². The quantitative estimate of drug-likeness (QED) is 0.0194. The zero-order valence-corrected chi connectivity index (χ0v) is 70.2. The third-order valence-electron chi connectivity index (χ3n) is 19.9. The van der Waals surface area contributed by atoms with Crippen LogP contribution in [0.2, 0.25) is 30.1 Å². The van der Waals surface area contributed by atoms with Crippen LogP contribution in [0.3, 0.4) is 0 Å². The van der Waals surface area contributed by atoms with Crippen molar-refractivity contribution >= 4 is 123 Å². The number of rotatable bonds is 46. The third kappa shape index (κ3) is 26.8. The number of benzene rings is 6. The lowest BCUT2D eigenvalue weighted by Gasteiger charge is -2.33. The second-order valence-corrected chi connectivity index (χ2v) is 35.9. The number of carbonyl (C=O) groups is 4. The third-order valence-corrected chi connectivity index (χ3v) is 25.9. The molecule has 112 heavy (non-hydrogen) atoms. The zero-order chi connectivity index (χ0) is 80.6. The molecular weight excluding hydrogens is 1630 g/mol. The molecule has 0 bridgehead atoms. The number of nitrogens with zero attached hydrogens (tertiary/aromatic N) is 3. The van der Waals surface area contributed by atoms with Gasteiger partial charge in [-0.3, -0.25) is 19.2 Å². The van der Waals surface area contributed by atoms with E-state index in [0.29, 0.717) is 69.4 Å². The van der Waals surface area contributed by atoms with E-state index in [0.717, 1.165) is 50.1 Å². The Morgan fingerprint density at radius 1 is 0.384 bits per heavy atom. The van der Waals surface area contributed by atoms with Crippen molar-refractivity contribution in [3.8, 4) is 0 Å². The number of halogens is 6. The number of hydrogen-bond acceptors (Lipinski definition) is 19. The standard InChI is InChI=1S/C78H99Cl6N9O16S3/c1-53(94)78(17-14-75(95)85-20-26-104-32-35-107-29-23-88-110(98,99)60-11-5-8-54(38-60)66-47-91(2)50-69-63(66)41-57(79)44-72(69)82,18-15-76(96)86-21-27-105-33-36-108-30-24-89-111(100,101)61-12-6-9-55(39-61)67-48-92(3)51-70-64(67)42-58(80)45-73(70)83)19-16-77(97)87-22-28-106-34-37-109-31-25-90-112(102,103)62-13-7-10-56(40-62)68-49-93(4)52-71-65(68)43-59(81)46-74(71)84/h5-13,38-46,66-68,88-90H,14-37,47-52H2,1-4H3,(H,85,95)(H,86,96)(H,87,97)/t66-,67-,68-/m0/s1. The lowest BCUT2D eigenvalue weighted by Crippen LogP contribution is -2.37. The predicted octanol–water partition coefficient (Wildman–Crippen LogP) is 9.94. The van der Waals surface area contributed by atoms with Crippen LogP contribution in [0, 0.1) is 5.41 Å². The molecule has 0 radical (unpaired) electrons. The molecule has 0 unspecified atom stereocenters. The fourth-order valence-electron chi connectivity index (χ4n) is 14.1. The molecule has 3 aliphatic heterocycles. The van der Waals surface area contributed by atoms with Gasteiger partial charge in [-0.1, -0.05) is 106 Å². The highest BCUT2D eigenvalue weighted by Gasteiger charge is 2.37. The van der Waals surface area contributed by atoms with Crippen molar-refractivity contribution in [2.24, 2.45) is 5.41 Å². The van der Waals surface area contributed by atoms with Crippen molar-refractivity contribution in [3.05, 3.63) is 189 Å². The van der Waals surface area contributed by atoms with Crippen molar-refractivity contribution in [2.45, 2.75) is 97.5 Å². The van der Waals surface area contributed by atoms with E-state index in [1.807, 2.05) is 57.5 Å². The van der Waals surface area contributed by atoms with Gasteiger partial charge in [0.25, 0.3) is 0 Å². The number of amides is 3. The summed E-state index contributed by atoms with van der Waals surface area (Å²) in [5.74, 6) is -1.88. The van der Waals surface area contributed by atoms with Crippen molar-refractivity contribution in [1.29, 1.82) is 0 Å². The second-order valence-electron chi connectivity index (χ2n) is 28.1. The summed E-state index contributed by atoms with van der Waals surface area (Å²) in [7, 11) is -5.73. The number of likely N-dealkylation sites (N-methyl/N-ethyl adjacent to an activating group) is 3. The van der Waals surface area contributed by atoms with Crippen LogP contribution in [0.15, 0.2) is 124 Å². The molecule has 6 aromatic carbocycles.